The molecule has 2 aromatic rings. The van der Waals surface area contributed by atoms with E-state index in [1.54, 1.807) is 0 Å². The molecule has 1 heterocycles. The highest BCUT2D eigenvalue weighted by Gasteiger charge is 2.34. The second-order valence-electron chi connectivity index (χ2n) is 5.20. The number of nitro groups is 1. The first-order valence-corrected chi connectivity index (χ1v) is 7.34. The fourth-order valence-corrected chi connectivity index (χ4v) is 2.65. The summed E-state index contributed by atoms with van der Waals surface area (Å²) < 4.78 is 15.9. The molecule has 0 saturated heterocycles. The van der Waals surface area contributed by atoms with E-state index in [4.69, 9.17) is 9.47 Å². The van der Waals surface area contributed by atoms with Crippen molar-refractivity contribution >= 4 is 11.7 Å². The standard InChI is InChI=1S/C17H15NO6/c1-22-17(19)13-9-14(24-10-11-5-3-2-4-6-11)16-12(7-8-23-16)15(13)18(20)21/h2-6,9H,7-8,10H2,1H3. The Morgan fingerprint density at radius 2 is 2.08 bits per heavy atom. The molecule has 0 aromatic heterocycles. The molecule has 7 nitrogen and oxygen atoms in total. The number of hydrogen-bond acceptors (Lipinski definition) is 6. The highest BCUT2D eigenvalue weighted by Crippen LogP contribution is 2.44. The van der Waals surface area contributed by atoms with Gasteiger partial charge in [0.15, 0.2) is 11.5 Å². The van der Waals surface area contributed by atoms with E-state index < -0.39 is 10.9 Å². The Hall–Kier alpha value is -3.09. The molecule has 24 heavy (non-hydrogen) atoms. The maximum Gasteiger partial charge on any atom is 0.345 e. The highest BCUT2D eigenvalue weighted by atomic mass is 16.6. The number of nitrogens with zero attached hydrogens (tertiary/aromatic N) is 1. The van der Waals surface area contributed by atoms with Crippen LogP contribution in [0.25, 0.3) is 0 Å². The minimum atomic E-state index is -0.777. The van der Waals surface area contributed by atoms with Crippen LogP contribution in [0.4, 0.5) is 5.69 Å². The summed E-state index contributed by atoms with van der Waals surface area (Å²) in [6, 6.07) is 10.8. The summed E-state index contributed by atoms with van der Waals surface area (Å²) in [4.78, 5) is 22.8. The van der Waals surface area contributed by atoms with Gasteiger partial charge in [0.1, 0.15) is 12.2 Å². The van der Waals surface area contributed by atoms with Gasteiger partial charge in [0.25, 0.3) is 5.69 Å². The van der Waals surface area contributed by atoms with E-state index in [2.05, 4.69) is 4.74 Å². The van der Waals surface area contributed by atoms with Crippen molar-refractivity contribution < 1.29 is 23.9 Å². The molecule has 0 atom stereocenters. The van der Waals surface area contributed by atoms with Crippen molar-refractivity contribution in [1.82, 2.24) is 0 Å². The molecule has 0 aliphatic carbocycles. The Morgan fingerprint density at radius 3 is 2.75 bits per heavy atom. The van der Waals surface area contributed by atoms with Crippen LogP contribution in [-0.2, 0) is 17.8 Å². The quantitative estimate of drug-likeness (QED) is 0.476. The Kier molecular flexibility index (Phi) is 4.33. The second-order valence-corrected chi connectivity index (χ2v) is 5.20. The lowest BCUT2D eigenvalue weighted by Crippen LogP contribution is -2.09. The number of rotatable bonds is 5. The van der Waals surface area contributed by atoms with E-state index in [9.17, 15) is 14.9 Å². The monoisotopic (exact) mass is 329 g/mol. The van der Waals surface area contributed by atoms with E-state index in [0.717, 1.165) is 5.56 Å². The number of nitro benzene ring substituents is 1. The smallest absolute Gasteiger partial charge is 0.345 e. The van der Waals surface area contributed by atoms with E-state index >= 15 is 0 Å². The molecule has 7 heteroatoms. The SMILES string of the molecule is COC(=O)c1cc(OCc2ccccc2)c2c(c1[N+](=O)[O-])CCO2. The van der Waals surface area contributed by atoms with Gasteiger partial charge in [-0.3, -0.25) is 10.1 Å². The third kappa shape index (κ3) is 2.88. The van der Waals surface area contributed by atoms with Crippen LogP contribution in [0, 0.1) is 10.1 Å². The number of hydrogen-bond donors (Lipinski definition) is 0. The predicted molar refractivity (Wildman–Crippen MR) is 84.4 cm³/mol. The van der Waals surface area contributed by atoms with Crippen LogP contribution in [0.2, 0.25) is 0 Å². The maximum atomic E-state index is 11.9. The summed E-state index contributed by atoms with van der Waals surface area (Å²) in [6.45, 7) is 0.567. The van der Waals surface area contributed by atoms with Gasteiger partial charge in [-0.25, -0.2) is 4.79 Å². The third-order valence-electron chi connectivity index (χ3n) is 3.74. The van der Waals surface area contributed by atoms with Crippen LogP contribution in [0.1, 0.15) is 21.5 Å². The Morgan fingerprint density at radius 1 is 1.33 bits per heavy atom. The van der Waals surface area contributed by atoms with Crippen LogP contribution in [0.5, 0.6) is 11.5 Å². The Balaban J connectivity index is 2.02. The molecule has 0 amide bonds. The first-order chi connectivity index (χ1) is 11.6. The molecule has 0 unspecified atom stereocenters. The van der Waals surface area contributed by atoms with Crippen molar-refractivity contribution in [1.29, 1.82) is 0 Å². The van der Waals surface area contributed by atoms with Gasteiger partial charge in [0, 0.05) is 12.5 Å². The summed E-state index contributed by atoms with van der Waals surface area (Å²) in [5, 5.41) is 11.4. The molecule has 0 N–H and O–H groups in total. The number of ether oxygens (including phenoxy) is 3. The zero-order valence-electron chi connectivity index (χ0n) is 13.0. The average molecular weight is 329 g/mol. The predicted octanol–water partition coefficient (Wildman–Crippen LogP) is 2.90. The van der Waals surface area contributed by atoms with Gasteiger partial charge in [-0.05, 0) is 5.56 Å². The molecule has 124 valence electrons. The summed E-state index contributed by atoms with van der Waals surface area (Å²) in [5.74, 6) is -0.149. The van der Waals surface area contributed by atoms with Crippen molar-refractivity contribution in [3.63, 3.8) is 0 Å². The minimum absolute atomic E-state index is 0.130. The van der Waals surface area contributed by atoms with Crippen molar-refractivity contribution in [2.24, 2.45) is 0 Å². The van der Waals surface area contributed by atoms with Gasteiger partial charge < -0.3 is 14.2 Å². The molecule has 0 saturated carbocycles. The van der Waals surface area contributed by atoms with Gasteiger partial charge in [0.05, 0.1) is 24.2 Å². The molecule has 0 fully saturated rings. The van der Waals surface area contributed by atoms with Crippen LogP contribution in [0.15, 0.2) is 36.4 Å². The number of fused-ring (bicyclic) bond motifs is 1. The molecule has 2 aromatic carbocycles. The molecule has 0 spiro atoms. The molecule has 1 aliphatic rings. The topological polar surface area (TPSA) is 87.9 Å². The van der Waals surface area contributed by atoms with Gasteiger partial charge in [-0.15, -0.1) is 0 Å². The Labute approximate surface area is 137 Å². The van der Waals surface area contributed by atoms with Crippen molar-refractivity contribution in [3.05, 3.63) is 63.2 Å². The zero-order chi connectivity index (χ0) is 17.1. The van der Waals surface area contributed by atoms with Crippen molar-refractivity contribution in [3.8, 4) is 11.5 Å². The lowest BCUT2D eigenvalue weighted by molar-refractivity contribution is -0.385. The summed E-state index contributed by atoms with van der Waals surface area (Å²) in [6.07, 6.45) is 0.345. The summed E-state index contributed by atoms with van der Waals surface area (Å²) in [5.41, 5.74) is 0.893. The van der Waals surface area contributed by atoms with Crippen LogP contribution < -0.4 is 9.47 Å². The van der Waals surface area contributed by atoms with Gasteiger partial charge in [0.2, 0.25) is 0 Å². The minimum Gasteiger partial charge on any atom is -0.489 e. The van der Waals surface area contributed by atoms with Crippen LogP contribution in [-0.4, -0.2) is 24.6 Å². The zero-order valence-corrected chi connectivity index (χ0v) is 13.0. The number of benzene rings is 2. The van der Waals surface area contributed by atoms with Gasteiger partial charge in [-0.1, -0.05) is 30.3 Å². The van der Waals surface area contributed by atoms with Crippen LogP contribution in [0.3, 0.4) is 0 Å². The maximum absolute atomic E-state index is 11.9. The number of esters is 1. The molecular formula is C17H15NO6. The summed E-state index contributed by atoms with van der Waals surface area (Å²) in [7, 11) is 1.18. The van der Waals surface area contributed by atoms with E-state index in [1.165, 1.54) is 13.2 Å². The first-order valence-electron chi connectivity index (χ1n) is 7.34. The average Bonchev–Trinajstić information content (AvgIpc) is 3.08. The lowest BCUT2D eigenvalue weighted by Gasteiger charge is -2.12. The van der Waals surface area contributed by atoms with Crippen molar-refractivity contribution in [2.75, 3.05) is 13.7 Å². The van der Waals surface area contributed by atoms with E-state index in [1.807, 2.05) is 30.3 Å². The number of carbonyl (C=O) groups is 1. The summed E-state index contributed by atoms with van der Waals surface area (Å²) >= 11 is 0. The van der Waals surface area contributed by atoms with Crippen molar-refractivity contribution in [2.45, 2.75) is 13.0 Å². The second kappa shape index (κ2) is 6.57. The molecule has 0 bridgehead atoms. The molecule has 0 radical (unpaired) electrons. The molecule has 3 rings (SSSR count). The van der Waals surface area contributed by atoms with Gasteiger partial charge in [-0.2, -0.15) is 0 Å². The fourth-order valence-electron chi connectivity index (χ4n) is 2.65. The first kappa shape index (κ1) is 15.8. The highest BCUT2D eigenvalue weighted by molar-refractivity contribution is 5.96. The third-order valence-corrected chi connectivity index (χ3v) is 3.74. The normalized spacial score (nSPS) is 12.2. The molecule has 1 aliphatic heterocycles. The fraction of sp³-hybridized carbons (Fsp3) is 0.235. The van der Waals surface area contributed by atoms with E-state index in [-0.39, 0.29) is 17.9 Å². The van der Waals surface area contributed by atoms with Crippen LogP contribution >= 0.6 is 0 Å². The van der Waals surface area contributed by atoms with E-state index in [0.29, 0.717) is 30.1 Å². The van der Waals surface area contributed by atoms with Gasteiger partial charge >= 0.3 is 5.97 Å². The molecular weight excluding hydrogens is 314 g/mol. The number of carbonyl (C=O) groups excluding carboxylic acids is 1. The lowest BCUT2D eigenvalue weighted by atomic mass is 10.0. The Bertz CT molecular complexity index is 787. The largest absolute Gasteiger partial charge is 0.489 e. The number of methoxy groups -OCH3 is 1.